The molecule has 5 heterocycles. The Labute approximate surface area is 531 Å². The first-order valence-corrected chi connectivity index (χ1v) is 32.7. The molecule has 11 amide bonds. The van der Waals surface area contributed by atoms with Gasteiger partial charge in [0, 0.05) is 82.8 Å². The van der Waals surface area contributed by atoms with Gasteiger partial charge in [-0.15, -0.1) is 25.3 Å². The molecule has 5 aliphatic rings. The molecule has 0 saturated carbocycles. The van der Waals surface area contributed by atoms with Gasteiger partial charge in [0.25, 0.3) is 59.1 Å². The average molecular weight is 1350 g/mol. The van der Waals surface area contributed by atoms with Crippen molar-refractivity contribution in [1.29, 1.82) is 0 Å². The molecular formula is C54H69N8O27SSi2-. The molecule has 2 aromatic rings. The first kappa shape index (κ1) is 75.9. The maximum Gasteiger partial charge on any atom is 0.495 e. The summed E-state index contributed by atoms with van der Waals surface area (Å²) >= 11 is 3.58. The van der Waals surface area contributed by atoms with Crippen LogP contribution in [0.1, 0.15) is 131 Å². The zero-order chi connectivity index (χ0) is 68.8. The van der Waals surface area contributed by atoms with Gasteiger partial charge in [0.15, 0.2) is 0 Å². The quantitative estimate of drug-likeness (QED) is 0.0208. The zero-order valence-electron chi connectivity index (χ0n) is 50.0. The topological polar surface area (TPSA) is 510 Å². The number of amides is 11. The highest BCUT2D eigenvalue weighted by Gasteiger charge is 2.39. The first-order chi connectivity index (χ1) is 43.1. The van der Waals surface area contributed by atoms with Crippen LogP contribution in [-0.2, 0) is 157 Å². The lowest BCUT2D eigenvalue weighted by molar-refractivity contribution is -0.197. The number of nitrogens with zero attached hydrogens (tertiary/aromatic N) is 5. The van der Waals surface area contributed by atoms with Crippen molar-refractivity contribution in [2.45, 2.75) is 154 Å². The monoisotopic (exact) mass is 1350 g/mol. The molecule has 7 rings (SSSR count). The molecule has 0 unspecified atom stereocenters. The van der Waals surface area contributed by atoms with Crippen LogP contribution in [0.15, 0.2) is 36.4 Å². The average Bonchev–Trinajstić information content (AvgIpc) is 1.23. The highest BCUT2D eigenvalue weighted by atomic mass is 32.1. The molecule has 5 saturated heterocycles. The van der Waals surface area contributed by atoms with Gasteiger partial charge in [-0.05, 0) is 73.5 Å². The van der Waals surface area contributed by atoms with E-state index in [4.69, 9.17) is 48.7 Å². The number of imide groups is 5. The molecule has 0 aliphatic carbocycles. The summed E-state index contributed by atoms with van der Waals surface area (Å²) in [6.45, 7) is 5.90. The van der Waals surface area contributed by atoms with Crippen molar-refractivity contribution in [3.05, 3.63) is 69.8 Å². The van der Waals surface area contributed by atoms with Crippen LogP contribution in [0.25, 0.3) is 0 Å². The van der Waals surface area contributed by atoms with E-state index in [1.165, 1.54) is 36.4 Å². The number of carbonyl (C=O) groups is 16. The van der Waals surface area contributed by atoms with Crippen LogP contribution in [0.3, 0.4) is 0 Å². The van der Waals surface area contributed by atoms with E-state index in [0.717, 1.165) is 0 Å². The minimum atomic E-state index is -4.22. The molecule has 0 radical (unpaired) electrons. The lowest BCUT2D eigenvalue weighted by Gasteiger charge is -2.27. The van der Waals surface area contributed by atoms with Crippen molar-refractivity contribution in [3.8, 4) is 0 Å². The molecule has 35 nitrogen and oxygen atoms in total. The van der Waals surface area contributed by atoms with Crippen LogP contribution in [0.2, 0.25) is 12.1 Å². The second-order valence-electron chi connectivity index (χ2n) is 21.7. The van der Waals surface area contributed by atoms with E-state index in [0.29, 0.717) is 43.8 Å². The zero-order valence-corrected chi connectivity index (χ0v) is 52.9. The van der Waals surface area contributed by atoms with Gasteiger partial charge in [-0.1, -0.05) is 36.4 Å². The fourth-order valence-electron chi connectivity index (χ4n) is 8.76. The van der Waals surface area contributed by atoms with Gasteiger partial charge >= 0.3 is 47.5 Å². The largest absolute Gasteiger partial charge is 0.709 e. The molecule has 0 spiro atoms. The predicted octanol–water partition coefficient (Wildman–Crippen LogP) is -3.43. The van der Waals surface area contributed by atoms with Crippen molar-refractivity contribution in [2.24, 2.45) is 10.9 Å². The number of hydrogen-bond donors (Lipinski definition) is 8. The third-order valence-electron chi connectivity index (χ3n) is 12.5. The summed E-state index contributed by atoms with van der Waals surface area (Å²) in [7, 11) is -7.66. The standard InChI is InChI=1S/C24H21N3O12.C23H27N3O12Si.C7H19NO3Si.H2NS/c28-16-1-2-17(29)25(16)37-22(34)10-13-7-14(11-23(35)38-26-18(30)3-4-19(26)31)9-15(8-13)12-24(36)39-27-20(32)5-6-21(27)33;27-17(24-6-1-7-39(34,35)36)11-14-8-15(12-22(32)37-25-18(28)2-3-19(25)29)10-16(9-14)13-23(33)38-26-20(30)4-5-21(26)31;1-7(2,3)11-12(9,10)6-4-5-8;1-2/h7-9H,1-6,10-12H2;8-10,34-36H,1-7,11-13H2,(H,24,27);9-10H,4-6,8H2,1-3H3;1H2/q;;;-1. The minimum absolute atomic E-state index is 0.0518. The number of rotatable bonds is 25. The number of benzene rings is 2. The lowest BCUT2D eigenvalue weighted by atomic mass is 9.99. The highest BCUT2D eigenvalue weighted by Crippen LogP contribution is 2.23. The summed E-state index contributed by atoms with van der Waals surface area (Å²) < 4.78 is 5.12. The number of carbonyl (C=O) groups excluding carboxylic acids is 16. The molecule has 2 aromatic carbocycles. The van der Waals surface area contributed by atoms with Gasteiger partial charge in [-0.2, -0.15) is 0 Å². The smallest absolute Gasteiger partial charge is 0.495 e. The van der Waals surface area contributed by atoms with E-state index in [-0.39, 0.29) is 124 Å². The maximum atomic E-state index is 12.4. The van der Waals surface area contributed by atoms with E-state index >= 15 is 0 Å². The van der Waals surface area contributed by atoms with Crippen LogP contribution in [-0.4, -0.2) is 180 Å². The van der Waals surface area contributed by atoms with E-state index in [2.05, 4.69) is 23.3 Å². The molecule has 5 fully saturated rings. The number of nitrogens with one attached hydrogen (secondary N) is 1. The van der Waals surface area contributed by atoms with Crippen molar-refractivity contribution in [1.82, 2.24) is 30.6 Å². The molecule has 10 N–H and O–H groups in total. The van der Waals surface area contributed by atoms with Gasteiger partial charge in [-0.3, -0.25) is 52.7 Å². The fraction of sp³-hybridized carbons (Fsp3) is 0.481. The first-order valence-electron chi connectivity index (χ1n) is 28.2. The summed E-state index contributed by atoms with van der Waals surface area (Å²) in [5.74, 6) is -12.0. The van der Waals surface area contributed by atoms with E-state index < -0.39 is 150 Å². The SMILES string of the molecule is CC(C)(C)O[Si](O)(O)CCCN.N[S-].O=C(Cc1cc(CC(=O)ON2C(=O)CCC2=O)cc(CC(=O)ON2C(=O)CCC2=O)c1)NCCC[Si](O)(O)O.O=C(Cc1cc(CC(=O)ON2C(=O)CCC2=O)cc(CC(=O)ON2C(=O)CCC2=O)c1)ON1C(=O)CCC1=O. The predicted molar refractivity (Wildman–Crippen MR) is 307 cm³/mol. The summed E-state index contributed by atoms with van der Waals surface area (Å²) in [5, 5.41) is 8.53. The van der Waals surface area contributed by atoms with E-state index in [9.17, 15) is 86.3 Å². The third-order valence-corrected chi connectivity index (χ3v) is 15.5. The molecule has 502 valence electrons. The van der Waals surface area contributed by atoms with Crippen LogP contribution >= 0.6 is 0 Å². The normalized spacial score (nSPS) is 15.8. The van der Waals surface area contributed by atoms with Gasteiger partial charge < -0.3 is 81.6 Å². The van der Waals surface area contributed by atoms with Gasteiger partial charge in [0.05, 0.1) is 44.1 Å². The van der Waals surface area contributed by atoms with Gasteiger partial charge in [0.2, 0.25) is 5.91 Å². The Hall–Kier alpha value is -8.58. The maximum absolute atomic E-state index is 12.4. The number of hydroxylamine groups is 10. The molecule has 0 aromatic heterocycles. The number of nitrogens with two attached hydrogens (primary N) is 2. The minimum Gasteiger partial charge on any atom is -0.709 e. The summed E-state index contributed by atoms with van der Waals surface area (Å²) in [4.78, 5) is 262. The van der Waals surface area contributed by atoms with E-state index in [1.54, 1.807) is 20.8 Å². The van der Waals surface area contributed by atoms with Gasteiger partial charge in [0.1, 0.15) is 0 Å². The van der Waals surface area contributed by atoms with E-state index in [1.807, 2.05) is 0 Å². The van der Waals surface area contributed by atoms with Gasteiger partial charge in [-0.25, -0.2) is 24.0 Å². The number of hydrogen-bond acceptors (Lipinski definition) is 30. The Morgan fingerprint density at radius 3 is 0.859 bits per heavy atom. The summed E-state index contributed by atoms with van der Waals surface area (Å²) in [5.41, 5.74) is 6.27. The van der Waals surface area contributed by atoms with Crippen LogP contribution < -0.4 is 16.2 Å². The molecule has 92 heavy (non-hydrogen) atoms. The third kappa shape index (κ3) is 25.6. The second kappa shape index (κ2) is 34.7. The Kier molecular flexibility index (Phi) is 28.7. The fourth-order valence-corrected chi connectivity index (χ4v) is 11.2. The lowest BCUT2D eigenvalue weighted by Crippen LogP contribution is -2.45. The Bertz CT molecular complexity index is 2890. The Balaban J connectivity index is 0.000000326. The molecule has 0 atom stereocenters. The van der Waals surface area contributed by atoms with Crippen molar-refractivity contribution in [2.75, 3.05) is 13.1 Å². The Morgan fingerprint density at radius 1 is 0.424 bits per heavy atom. The van der Waals surface area contributed by atoms with Crippen LogP contribution in [0, 0.1) is 0 Å². The molecule has 5 aliphatic heterocycles. The van der Waals surface area contributed by atoms with Crippen molar-refractivity contribution >= 4 is 125 Å². The van der Waals surface area contributed by atoms with Crippen molar-refractivity contribution < 1.29 is 129 Å². The Morgan fingerprint density at radius 2 is 0.652 bits per heavy atom. The van der Waals surface area contributed by atoms with Crippen molar-refractivity contribution in [3.63, 3.8) is 0 Å². The molecular weight excluding hydrogens is 1280 g/mol. The van der Waals surface area contributed by atoms with Crippen LogP contribution in [0.5, 0.6) is 0 Å². The van der Waals surface area contributed by atoms with Crippen LogP contribution in [0.4, 0.5) is 0 Å². The second-order valence-corrected chi connectivity index (χ2v) is 25.9. The highest BCUT2D eigenvalue weighted by molar-refractivity contribution is 7.55. The molecule has 38 heteroatoms. The molecule has 0 bridgehead atoms. The summed E-state index contributed by atoms with van der Waals surface area (Å²) in [6.07, 6.45) is -2.69. The summed E-state index contributed by atoms with van der Waals surface area (Å²) in [6, 6.07) is 8.54.